The molecule has 4 aromatic carbocycles. The number of hydrogen-bond donors (Lipinski definition) is 1. The summed E-state index contributed by atoms with van der Waals surface area (Å²) in [7, 11) is 0. The SMILES string of the molecule is CC(C)(C)c1c2c([c-]c3ccccc13)C1=Nc3ccccc3B1c1ccccc1-2.CCC(CC)C(=O)/C=C(\O)C(CC)CC.[Ir]. The van der Waals surface area contributed by atoms with Gasteiger partial charge in [0, 0.05) is 43.7 Å². The molecule has 0 atom stereocenters. The number of carbonyl (C=O) groups is 1. The smallest absolute Gasteiger partial charge is 0.226 e. The number of nitrogens with zero attached hydrogens (tertiary/aromatic N) is 1. The number of allylic oxidation sites excluding steroid dienone is 2. The van der Waals surface area contributed by atoms with Gasteiger partial charge >= 0.3 is 0 Å². The number of rotatable bonds is 7. The van der Waals surface area contributed by atoms with E-state index in [2.05, 4.69) is 99.6 Å². The summed E-state index contributed by atoms with van der Waals surface area (Å²) in [6, 6.07) is 29.9. The second-order valence-corrected chi connectivity index (χ2v) is 13.1. The molecule has 2 aliphatic rings. The predicted octanol–water partition coefficient (Wildman–Crippen LogP) is 9.07. The molecule has 5 heteroatoms. The summed E-state index contributed by atoms with van der Waals surface area (Å²) in [6.07, 6.45) is 4.91. The molecule has 0 aromatic heterocycles. The quantitative estimate of drug-likeness (QED) is 0.0883. The summed E-state index contributed by atoms with van der Waals surface area (Å²) in [6.45, 7) is 15.2. The molecular formula is C40H45BIrNO2-. The van der Waals surface area contributed by atoms with Crippen LogP contribution in [0.2, 0.25) is 0 Å². The number of benzene rings is 4. The number of ketones is 1. The Morgan fingerprint density at radius 1 is 0.844 bits per heavy atom. The molecule has 2 heterocycles. The van der Waals surface area contributed by atoms with Crippen molar-refractivity contribution in [2.75, 3.05) is 0 Å². The Hall–Kier alpha value is -3.27. The average Bonchev–Trinajstić information content (AvgIpc) is 3.41. The van der Waals surface area contributed by atoms with Crippen LogP contribution in [0.1, 0.15) is 85.3 Å². The number of aliphatic hydroxyl groups excluding tert-OH is 1. The van der Waals surface area contributed by atoms with Crippen molar-refractivity contribution in [3.05, 3.63) is 102 Å². The second-order valence-electron chi connectivity index (χ2n) is 13.1. The van der Waals surface area contributed by atoms with Gasteiger partial charge in [0.1, 0.15) is 0 Å². The molecule has 0 fully saturated rings. The monoisotopic (exact) mass is 775 g/mol. The minimum atomic E-state index is 0. The fraction of sp³-hybridized carbons (Fsp3) is 0.350. The molecule has 1 radical (unpaired) electrons. The van der Waals surface area contributed by atoms with E-state index in [4.69, 9.17) is 4.99 Å². The number of para-hydroxylation sites is 1. The maximum absolute atomic E-state index is 11.7. The fourth-order valence-corrected chi connectivity index (χ4v) is 6.95. The van der Waals surface area contributed by atoms with Crippen molar-refractivity contribution < 1.29 is 30.0 Å². The van der Waals surface area contributed by atoms with Gasteiger partial charge in [0.15, 0.2) is 5.78 Å². The molecule has 3 nitrogen and oxygen atoms in total. The van der Waals surface area contributed by atoms with Crippen molar-refractivity contribution in [1.82, 2.24) is 0 Å². The Labute approximate surface area is 283 Å². The van der Waals surface area contributed by atoms with Crippen molar-refractivity contribution in [2.24, 2.45) is 16.8 Å². The molecule has 6 rings (SSSR count). The van der Waals surface area contributed by atoms with Crippen LogP contribution in [0, 0.1) is 17.9 Å². The summed E-state index contributed by atoms with van der Waals surface area (Å²) in [5.74, 6) is 0.547. The first kappa shape index (κ1) is 34.6. The van der Waals surface area contributed by atoms with Crippen LogP contribution in [-0.4, -0.2) is 23.2 Å². The molecule has 2 aliphatic heterocycles. The van der Waals surface area contributed by atoms with Gasteiger partial charge in [0.2, 0.25) is 6.71 Å². The van der Waals surface area contributed by atoms with Gasteiger partial charge in [-0.3, -0.25) is 9.79 Å². The van der Waals surface area contributed by atoms with Crippen molar-refractivity contribution in [3.63, 3.8) is 0 Å². The Kier molecular flexibility index (Phi) is 11.1. The largest absolute Gasteiger partial charge is 0.512 e. The Balaban J connectivity index is 0.000000249. The second kappa shape index (κ2) is 14.4. The number of aliphatic hydroxyl groups is 1. The number of hydrogen-bond acceptors (Lipinski definition) is 3. The third-order valence-electron chi connectivity index (χ3n) is 9.35. The van der Waals surface area contributed by atoms with Gasteiger partial charge in [-0.25, -0.2) is 0 Å². The zero-order chi connectivity index (χ0) is 31.6. The van der Waals surface area contributed by atoms with E-state index in [1.54, 1.807) is 0 Å². The van der Waals surface area contributed by atoms with Crippen LogP contribution in [0.3, 0.4) is 0 Å². The summed E-state index contributed by atoms with van der Waals surface area (Å²) in [5.41, 5.74) is 10.1. The summed E-state index contributed by atoms with van der Waals surface area (Å²) in [5, 5.41) is 12.2. The van der Waals surface area contributed by atoms with Crippen LogP contribution in [0.4, 0.5) is 5.69 Å². The third-order valence-corrected chi connectivity index (χ3v) is 9.35. The van der Waals surface area contributed by atoms with Gasteiger partial charge < -0.3 is 5.11 Å². The molecule has 0 bridgehead atoms. The molecule has 0 unspecified atom stereocenters. The first-order chi connectivity index (χ1) is 21.1. The van der Waals surface area contributed by atoms with Crippen LogP contribution in [0.5, 0.6) is 0 Å². The normalized spacial score (nSPS) is 13.3. The standard InChI is InChI=1S/C27H21BN.C13H24O2.Ir/c1-27(2,3)25-18-11-5-4-10-17(18)16-20-24(25)19-12-6-7-13-21(19)28-22-14-8-9-15-23(22)29-26(20)28;1-5-10(6-2)12(14)9-13(15)11(7-3)8-4;/h4-15H,1-3H3;9-11,14H,5-8H2,1-4H3;/q-1;;/b;12-9-;. The van der Waals surface area contributed by atoms with E-state index in [1.165, 1.54) is 50.0 Å². The van der Waals surface area contributed by atoms with Gasteiger partial charge in [-0.15, -0.1) is 23.1 Å². The molecule has 45 heavy (non-hydrogen) atoms. The van der Waals surface area contributed by atoms with Gasteiger partial charge in [-0.1, -0.05) is 142 Å². The van der Waals surface area contributed by atoms with Crippen molar-refractivity contribution in [2.45, 2.75) is 79.6 Å². The number of fused-ring (bicyclic) bond motifs is 9. The maximum Gasteiger partial charge on any atom is 0.226 e. The van der Waals surface area contributed by atoms with E-state index in [-0.39, 0.29) is 55.6 Å². The molecule has 0 spiro atoms. The van der Waals surface area contributed by atoms with E-state index < -0.39 is 0 Å². The molecule has 0 amide bonds. The first-order valence-electron chi connectivity index (χ1n) is 16.3. The van der Waals surface area contributed by atoms with E-state index >= 15 is 0 Å². The van der Waals surface area contributed by atoms with Crippen LogP contribution < -0.4 is 10.9 Å². The molecular weight excluding hydrogens is 729 g/mol. The van der Waals surface area contributed by atoms with Gasteiger partial charge in [0.25, 0.3) is 0 Å². The van der Waals surface area contributed by atoms with Crippen LogP contribution >= 0.6 is 0 Å². The molecule has 4 aromatic rings. The maximum atomic E-state index is 11.7. The predicted molar refractivity (Wildman–Crippen MR) is 188 cm³/mol. The molecule has 0 saturated carbocycles. The van der Waals surface area contributed by atoms with Crippen LogP contribution in [-0.2, 0) is 30.3 Å². The topological polar surface area (TPSA) is 49.7 Å². The van der Waals surface area contributed by atoms with Gasteiger partial charge in [0.05, 0.1) is 5.76 Å². The van der Waals surface area contributed by atoms with E-state index in [0.717, 1.165) is 37.0 Å². The number of carbonyl (C=O) groups excluding carboxylic acids is 1. The third kappa shape index (κ3) is 6.67. The minimum Gasteiger partial charge on any atom is -0.512 e. The van der Waals surface area contributed by atoms with Crippen LogP contribution in [0.25, 0.3) is 21.9 Å². The minimum absolute atomic E-state index is 0. The summed E-state index contributed by atoms with van der Waals surface area (Å²) in [4.78, 5) is 16.8. The number of aliphatic imine (C=N–C) groups is 1. The Bertz CT molecular complexity index is 1740. The summed E-state index contributed by atoms with van der Waals surface area (Å²) < 4.78 is 0. The van der Waals surface area contributed by atoms with E-state index in [0.29, 0.717) is 0 Å². The van der Waals surface area contributed by atoms with Crippen molar-refractivity contribution in [1.29, 1.82) is 0 Å². The molecule has 1 N–H and O–H groups in total. The average molecular weight is 775 g/mol. The fourth-order valence-electron chi connectivity index (χ4n) is 6.95. The van der Waals surface area contributed by atoms with Crippen molar-refractivity contribution in [3.8, 4) is 11.1 Å². The Morgan fingerprint density at radius 2 is 1.42 bits per heavy atom. The van der Waals surface area contributed by atoms with E-state index in [9.17, 15) is 9.90 Å². The molecule has 235 valence electrons. The van der Waals surface area contributed by atoms with E-state index in [1.807, 2.05) is 27.7 Å². The first-order valence-corrected chi connectivity index (χ1v) is 16.3. The van der Waals surface area contributed by atoms with Gasteiger partial charge in [-0.2, -0.15) is 0 Å². The molecule has 0 saturated heterocycles. The van der Waals surface area contributed by atoms with Gasteiger partial charge in [-0.05, 0) is 42.8 Å². The Morgan fingerprint density at radius 3 is 2.07 bits per heavy atom. The van der Waals surface area contributed by atoms with Crippen LogP contribution in [0.15, 0.2) is 89.6 Å². The zero-order valence-corrected chi connectivity index (χ0v) is 30.1. The summed E-state index contributed by atoms with van der Waals surface area (Å²) >= 11 is 0. The van der Waals surface area contributed by atoms with Crippen molar-refractivity contribution >= 4 is 45.5 Å². The zero-order valence-electron chi connectivity index (χ0n) is 27.7. The molecule has 0 aliphatic carbocycles.